The summed E-state index contributed by atoms with van der Waals surface area (Å²) in [5.41, 5.74) is 15.1. The molecule has 122 heavy (non-hydrogen) atoms. The fraction of sp³-hybridized carbons (Fsp3) is 0.670. The summed E-state index contributed by atoms with van der Waals surface area (Å²) in [4.78, 5) is 0. The third-order valence-electron chi connectivity index (χ3n) is 26.5. The van der Waals surface area contributed by atoms with Gasteiger partial charge in [-0.05, 0) is 274 Å². The maximum atomic E-state index is 7.28. The molecule has 8 aromatic rings. The lowest BCUT2D eigenvalue weighted by Crippen LogP contribution is -2.41. The largest absolute Gasteiger partial charge is 0.640 e. The highest BCUT2D eigenvalue weighted by atomic mass is 16.8. The first-order chi connectivity index (χ1) is 55.4. The second-order valence-electron chi connectivity index (χ2n) is 51.1. The van der Waals surface area contributed by atoms with Crippen LogP contribution in [0.2, 0.25) is 0 Å². The number of hydrogen-bond donors (Lipinski definition) is 0. The van der Waals surface area contributed by atoms with Gasteiger partial charge in [0.2, 0.25) is 0 Å². The Morgan fingerprint density at radius 2 is 0.615 bits per heavy atom. The molecule has 0 saturated carbocycles. The molecule has 12 rings (SSSR count). The lowest BCUT2D eigenvalue weighted by Gasteiger charge is -2.35. The number of fused-ring (bicyclic) bond motifs is 6. The Morgan fingerprint density at radius 1 is 0.336 bits per heavy atom. The van der Waals surface area contributed by atoms with Crippen LogP contribution in [0.5, 0.6) is 11.5 Å². The van der Waals surface area contributed by atoms with Gasteiger partial charge in [0.1, 0.15) is 11.5 Å². The van der Waals surface area contributed by atoms with E-state index in [-0.39, 0.29) is 94.9 Å². The van der Waals surface area contributed by atoms with E-state index in [1.807, 2.05) is 41.5 Å². The maximum Gasteiger partial charge on any atom is 0.640 e. The molecule has 0 N–H and O–H groups in total. The Labute approximate surface area is 743 Å². The van der Waals surface area contributed by atoms with Crippen molar-refractivity contribution in [2.75, 3.05) is 13.2 Å². The molecule has 0 aliphatic carbocycles. The van der Waals surface area contributed by atoms with Crippen LogP contribution in [0.25, 0.3) is 55.0 Å². The molecule has 13 heteroatoms. The zero-order valence-electron chi connectivity index (χ0n) is 84.7. The summed E-state index contributed by atoms with van der Waals surface area (Å²) in [5.74, 6) is 1.67. The van der Waals surface area contributed by atoms with Crippen molar-refractivity contribution in [3.05, 3.63) is 137 Å². The molecule has 2 unspecified atom stereocenters. The highest BCUT2D eigenvalue weighted by Gasteiger charge is 2.55. The average molecular weight is 1670 g/mol. The Kier molecular flexibility index (Phi) is 28.1. The van der Waals surface area contributed by atoms with Crippen LogP contribution >= 0.6 is 0 Å². The van der Waals surface area contributed by atoms with Gasteiger partial charge in [0.25, 0.3) is 0 Å². The smallest absolute Gasteiger partial charge is 0.463 e. The van der Waals surface area contributed by atoms with Crippen molar-refractivity contribution >= 4 is 63.5 Å². The second-order valence-corrected chi connectivity index (χ2v) is 51.1. The Morgan fingerprint density at radius 3 is 0.918 bits per heavy atom. The van der Waals surface area contributed by atoms with E-state index >= 15 is 0 Å². The van der Waals surface area contributed by atoms with Crippen molar-refractivity contribution in [1.82, 2.24) is 9.13 Å². The Hall–Kier alpha value is -5.63. The molecule has 0 bridgehead atoms. The molecule has 0 amide bonds. The third-order valence-corrected chi connectivity index (χ3v) is 26.5. The maximum absolute atomic E-state index is 7.28. The van der Waals surface area contributed by atoms with Gasteiger partial charge < -0.3 is 51.4 Å². The predicted molar refractivity (Wildman–Crippen MR) is 521 cm³/mol. The van der Waals surface area contributed by atoms with Crippen LogP contribution < -0.4 is 14.9 Å². The van der Waals surface area contributed by atoms with Crippen molar-refractivity contribution in [3.63, 3.8) is 0 Å². The first-order valence-corrected chi connectivity index (χ1v) is 46.8. The highest BCUT2D eigenvalue weighted by Crippen LogP contribution is 2.51. The van der Waals surface area contributed by atoms with Crippen molar-refractivity contribution in [3.8, 4) is 22.9 Å². The molecule has 4 aliphatic rings. The average Bonchev–Trinajstić information content (AvgIpc) is 1.57. The zero-order valence-corrected chi connectivity index (χ0v) is 84.7. The quantitative estimate of drug-likeness (QED) is 0.0652. The van der Waals surface area contributed by atoms with Crippen LogP contribution in [-0.4, -0.2) is 77.9 Å². The first-order valence-electron chi connectivity index (χ1n) is 46.8. The molecule has 2 aromatic heterocycles. The van der Waals surface area contributed by atoms with Crippen molar-refractivity contribution in [2.45, 2.75) is 428 Å². The molecule has 2 atom stereocenters. The van der Waals surface area contributed by atoms with Crippen LogP contribution in [0.4, 0.5) is 0 Å². The molecule has 6 aromatic carbocycles. The van der Waals surface area contributed by atoms with E-state index in [1.54, 1.807) is 0 Å². The lowest BCUT2D eigenvalue weighted by molar-refractivity contribution is -0.106. The normalized spacial score (nSPS) is 19.2. The second kappa shape index (κ2) is 34.8. The van der Waals surface area contributed by atoms with Crippen LogP contribution in [0, 0.1) is 32.5 Å². The number of nitrogens with zero attached hydrogens (tertiary/aromatic N) is 2. The third kappa shape index (κ3) is 23.6. The van der Waals surface area contributed by atoms with Gasteiger partial charge in [-0.1, -0.05) is 268 Å². The van der Waals surface area contributed by atoms with Gasteiger partial charge >= 0.3 is 14.4 Å². The number of rotatable bonds is 21. The number of benzene rings is 6. The van der Waals surface area contributed by atoms with Crippen LogP contribution in [0.3, 0.4) is 0 Å². The fourth-order valence-corrected chi connectivity index (χ4v) is 21.4. The summed E-state index contributed by atoms with van der Waals surface area (Å²) < 4.78 is 62.4. The monoisotopic (exact) mass is 1670 g/mol. The lowest BCUT2D eigenvalue weighted by atomic mass is 9.69. The Bertz CT molecular complexity index is 4760. The molecule has 0 spiro atoms. The molecule has 11 nitrogen and oxygen atoms in total. The van der Waals surface area contributed by atoms with Crippen LogP contribution in [-0.2, 0) is 65.2 Å². The Balaban J connectivity index is 0.000000225. The van der Waals surface area contributed by atoms with Crippen LogP contribution in [0.1, 0.15) is 387 Å². The number of ether oxygens (including phenoxy) is 4. The topological polar surface area (TPSA) is 92.9 Å². The van der Waals surface area contributed by atoms with E-state index in [2.05, 4.69) is 348 Å². The number of hydrogen-bond acceptors (Lipinski definition) is 9. The van der Waals surface area contributed by atoms with E-state index in [0.717, 1.165) is 112 Å². The summed E-state index contributed by atoms with van der Waals surface area (Å²) in [7, 11) is -1.15. The SMILES string of the molecule is CC(C)(C)CC(C)(C)c1cc(B2OC(C)(C)C(C)(C)O2)c(OC2CCCCO2)c(-n2c3cc(C(C)(C)CC(C)(C)C)ccc3c3ccc(C(C)(C)CC(C)(C)C)cc32)c1.CC(C)(C)CC(C)(C)c1ccc(OC2CCCCO2)c(-n2c3cc(C(C)(C)CC(C)(C)C)ccc3c3ccc(C(C)(C)CC(C)(C)C)cc32)c1.CC(C)OB1OC(C)(C)C(C)(C)O1. The standard InChI is InChI=1S/C53H80BNO4.C47H69NO2.C9H19BO3/c1-46(2,3)32-49(10,11)35-23-25-38-39-26-24-36(50(12,13)33-47(4,5)6)30-42(39)55(41(38)29-35)43-31-37(51(14,15)34-48(7,8)9)28-40(45(43)57-44-22-20-21-27-56-44)54-58-52(16,17)53(18,19)59-54;1-42(2,3)29-45(10,11)32-19-22-35-36-23-20-33(46(12,13)30-43(4,5)6)27-38(36)48(37(35)26-32)39-28-34(47(14,15)31-44(7,8)9)21-24-40(39)50-41-18-16-17-25-49-41;1-7(2)11-10-12-8(3,4)9(5,6)13-10/h23-26,28-31,44H,20-22,27,32-34H2,1-19H3;19-24,26-28,41H,16-18,25,29-31H2,1-15H3;7H,1-6H3. The summed E-state index contributed by atoms with van der Waals surface area (Å²) in [6, 6.07) is 40.7. The van der Waals surface area contributed by atoms with E-state index < -0.39 is 25.6 Å². The van der Waals surface area contributed by atoms with Crippen LogP contribution in [0.15, 0.2) is 103 Å². The van der Waals surface area contributed by atoms with Crippen molar-refractivity contribution < 1.29 is 42.2 Å². The summed E-state index contributed by atoms with van der Waals surface area (Å²) in [6.07, 6.45) is 12.0. The number of aromatic nitrogens is 2. The minimum absolute atomic E-state index is 0.0133. The summed E-state index contributed by atoms with van der Waals surface area (Å²) >= 11 is 0. The highest BCUT2D eigenvalue weighted by molar-refractivity contribution is 6.63. The van der Waals surface area contributed by atoms with Gasteiger partial charge in [-0.2, -0.15) is 0 Å². The van der Waals surface area contributed by atoms with Gasteiger partial charge in [-0.3, -0.25) is 0 Å². The first kappa shape index (κ1) is 98.5. The van der Waals surface area contributed by atoms with Crippen molar-refractivity contribution in [1.29, 1.82) is 0 Å². The van der Waals surface area contributed by atoms with E-state index in [0.29, 0.717) is 6.61 Å². The van der Waals surface area contributed by atoms with E-state index in [4.69, 9.17) is 42.2 Å². The molecule has 674 valence electrons. The molecule has 6 heterocycles. The molecule has 4 saturated heterocycles. The molecular weight excluding hydrogens is 1500 g/mol. The van der Waals surface area contributed by atoms with E-state index in [1.165, 1.54) is 77.0 Å². The fourth-order valence-electron chi connectivity index (χ4n) is 21.4. The van der Waals surface area contributed by atoms with Gasteiger partial charge in [-0.25, -0.2) is 0 Å². The molecular formula is C109H168B2N2O9. The van der Waals surface area contributed by atoms with Gasteiger partial charge in [0.15, 0.2) is 12.6 Å². The zero-order chi connectivity index (χ0) is 91.3. The molecule has 0 radical (unpaired) electrons. The van der Waals surface area contributed by atoms with Gasteiger partial charge in [0.05, 0.1) is 69.1 Å². The van der Waals surface area contributed by atoms with E-state index in [9.17, 15) is 0 Å². The minimum Gasteiger partial charge on any atom is -0.463 e. The molecule has 4 aliphatic heterocycles. The van der Waals surface area contributed by atoms with Crippen molar-refractivity contribution in [2.24, 2.45) is 32.5 Å². The van der Waals surface area contributed by atoms with Gasteiger partial charge in [-0.15, -0.1) is 0 Å². The van der Waals surface area contributed by atoms with Gasteiger partial charge in [0, 0.05) is 46.0 Å². The summed E-state index contributed by atoms with van der Waals surface area (Å²) in [6.45, 7) is 93.1. The minimum atomic E-state index is -0.627. The molecule has 4 fully saturated rings. The summed E-state index contributed by atoms with van der Waals surface area (Å²) in [5, 5.41) is 5.06. The predicted octanol–water partition coefficient (Wildman–Crippen LogP) is 30.0.